The first kappa shape index (κ1) is 11.7. The predicted molar refractivity (Wildman–Crippen MR) is 53.3 cm³/mol. The summed E-state index contributed by atoms with van der Waals surface area (Å²) in [6.45, 7) is 2.14. The molecule has 0 aliphatic heterocycles. The van der Waals surface area contributed by atoms with Crippen LogP contribution in [-0.2, 0) is 9.47 Å². The first-order valence-corrected chi connectivity index (χ1v) is 4.57. The van der Waals surface area contributed by atoms with E-state index in [9.17, 15) is 9.18 Å². The average Bonchev–Trinajstić information content (AvgIpc) is 2.22. The number of carbonyl (C=O) groups is 1. The summed E-state index contributed by atoms with van der Waals surface area (Å²) in [6.07, 6.45) is 0. The van der Waals surface area contributed by atoms with Crippen LogP contribution in [0.1, 0.15) is 15.9 Å². The van der Waals surface area contributed by atoms with Crippen LogP contribution in [0.15, 0.2) is 18.2 Å². The van der Waals surface area contributed by atoms with Gasteiger partial charge in [-0.05, 0) is 24.6 Å². The maximum Gasteiger partial charge on any atom is 0.338 e. The van der Waals surface area contributed by atoms with E-state index in [0.717, 1.165) is 0 Å². The highest BCUT2D eigenvalue weighted by Gasteiger charge is 2.08. The molecule has 0 amide bonds. The second kappa shape index (κ2) is 5.46. The number of benzene rings is 1. The molecule has 1 rings (SSSR count). The average molecular weight is 212 g/mol. The SMILES string of the molecule is COCCOC(=O)c1ccc(C)c(F)c1. The molecule has 1 aromatic carbocycles. The fraction of sp³-hybridized carbons (Fsp3) is 0.364. The maximum atomic E-state index is 13.1. The second-order valence-electron chi connectivity index (χ2n) is 3.09. The lowest BCUT2D eigenvalue weighted by atomic mass is 10.1. The van der Waals surface area contributed by atoms with Crippen molar-refractivity contribution in [1.82, 2.24) is 0 Å². The second-order valence-corrected chi connectivity index (χ2v) is 3.09. The highest BCUT2D eigenvalue weighted by molar-refractivity contribution is 5.89. The van der Waals surface area contributed by atoms with Crippen molar-refractivity contribution in [2.45, 2.75) is 6.92 Å². The number of hydrogen-bond donors (Lipinski definition) is 0. The van der Waals surface area contributed by atoms with E-state index in [-0.39, 0.29) is 12.2 Å². The third-order valence-corrected chi connectivity index (χ3v) is 1.93. The van der Waals surface area contributed by atoms with E-state index in [1.165, 1.54) is 19.2 Å². The molecule has 3 nitrogen and oxygen atoms in total. The van der Waals surface area contributed by atoms with Crippen LogP contribution in [0, 0.1) is 12.7 Å². The minimum atomic E-state index is -0.536. The molecular formula is C11H13FO3. The quantitative estimate of drug-likeness (QED) is 0.565. The smallest absolute Gasteiger partial charge is 0.338 e. The molecule has 0 unspecified atom stereocenters. The van der Waals surface area contributed by atoms with Crippen molar-refractivity contribution in [1.29, 1.82) is 0 Å². The molecule has 0 heterocycles. The third-order valence-electron chi connectivity index (χ3n) is 1.93. The van der Waals surface area contributed by atoms with Gasteiger partial charge in [0.05, 0.1) is 12.2 Å². The van der Waals surface area contributed by atoms with E-state index in [2.05, 4.69) is 0 Å². The maximum absolute atomic E-state index is 13.1. The molecule has 0 saturated heterocycles. The Kier molecular flexibility index (Phi) is 4.24. The molecule has 0 spiro atoms. The molecule has 0 N–H and O–H groups in total. The van der Waals surface area contributed by atoms with Crippen LogP contribution < -0.4 is 0 Å². The van der Waals surface area contributed by atoms with Gasteiger partial charge in [-0.2, -0.15) is 0 Å². The third kappa shape index (κ3) is 3.32. The summed E-state index contributed by atoms with van der Waals surface area (Å²) in [4.78, 5) is 11.3. The summed E-state index contributed by atoms with van der Waals surface area (Å²) in [5.74, 6) is -0.942. The van der Waals surface area contributed by atoms with Crippen LogP contribution in [-0.4, -0.2) is 26.3 Å². The standard InChI is InChI=1S/C11H13FO3/c1-8-3-4-9(7-10(8)12)11(13)15-6-5-14-2/h3-4,7H,5-6H2,1-2H3. The summed E-state index contributed by atoms with van der Waals surface area (Å²) >= 11 is 0. The van der Waals surface area contributed by atoms with Gasteiger partial charge in [0.1, 0.15) is 12.4 Å². The van der Waals surface area contributed by atoms with Crippen LogP contribution in [0.4, 0.5) is 4.39 Å². The van der Waals surface area contributed by atoms with Gasteiger partial charge in [0.15, 0.2) is 0 Å². The predicted octanol–water partition coefficient (Wildman–Crippen LogP) is 1.94. The summed E-state index contributed by atoms with van der Waals surface area (Å²) < 4.78 is 22.6. The summed E-state index contributed by atoms with van der Waals surface area (Å²) in [7, 11) is 1.51. The van der Waals surface area contributed by atoms with E-state index in [0.29, 0.717) is 12.2 Å². The fourth-order valence-electron chi connectivity index (χ4n) is 1.02. The van der Waals surface area contributed by atoms with Crippen LogP contribution in [0.3, 0.4) is 0 Å². The van der Waals surface area contributed by atoms with E-state index < -0.39 is 11.8 Å². The van der Waals surface area contributed by atoms with Gasteiger partial charge >= 0.3 is 5.97 Å². The zero-order chi connectivity index (χ0) is 11.3. The van der Waals surface area contributed by atoms with Gasteiger partial charge in [-0.15, -0.1) is 0 Å². The molecule has 0 aromatic heterocycles. The molecule has 0 bridgehead atoms. The Hall–Kier alpha value is -1.42. The molecule has 0 fully saturated rings. The number of hydrogen-bond acceptors (Lipinski definition) is 3. The van der Waals surface area contributed by atoms with Gasteiger partial charge in [0.25, 0.3) is 0 Å². The van der Waals surface area contributed by atoms with Crippen molar-refractivity contribution in [2.75, 3.05) is 20.3 Å². The van der Waals surface area contributed by atoms with Crippen LogP contribution >= 0.6 is 0 Å². The fourth-order valence-corrected chi connectivity index (χ4v) is 1.02. The van der Waals surface area contributed by atoms with Gasteiger partial charge in [0.2, 0.25) is 0 Å². The first-order chi connectivity index (χ1) is 7.15. The lowest BCUT2D eigenvalue weighted by Crippen LogP contribution is -2.10. The Balaban J connectivity index is 2.62. The summed E-state index contributed by atoms with van der Waals surface area (Å²) in [5, 5.41) is 0. The zero-order valence-electron chi connectivity index (χ0n) is 8.75. The number of rotatable bonds is 4. The lowest BCUT2D eigenvalue weighted by Gasteiger charge is -2.04. The van der Waals surface area contributed by atoms with Crippen molar-refractivity contribution in [3.8, 4) is 0 Å². The molecule has 0 saturated carbocycles. The molecule has 0 aliphatic carbocycles. The minimum absolute atomic E-state index is 0.171. The number of aryl methyl sites for hydroxylation is 1. The summed E-state index contributed by atoms with van der Waals surface area (Å²) in [6, 6.07) is 4.25. The lowest BCUT2D eigenvalue weighted by molar-refractivity contribution is 0.0387. The van der Waals surface area contributed by atoms with Gasteiger partial charge in [-0.25, -0.2) is 9.18 Å². The van der Waals surface area contributed by atoms with Crippen LogP contribution in [0.2, 0.25) is 0 Å². The van der Waals surface area contributed by atoms with Gasteiger partial charge in [-0.3, -0.25) is 0 Å². The van der Waals surface area contributed by atoms with Crippen molar-refractivity contribution >= 4 is 5.97 Å². The number of halogens is 1. The Morgan fingerprint density at radius 2 is 2.13 bits per heavy atom. The van der Waals surface area contributed by atoms with Gasteiger partial charge in [0, 0.05) is 7.11 Å². The monoisotopic (exact) mass is 212 g/mol. The van der Waals surface area contributed by atoms with E-state index >= 15 is 0 Å². The Labute approximate surface area is 87.8 Å². The Bertz CT molecular complexity index is 350. The van der Waals surface area contributed by atoms with E-state index in [1.54, 1.807) is 13.0 Å². The van der Waals surface area contributed by atoms with E-state index in [1.807, 2.05) is 0 Å². The topological polar surface area (TPSA) is 35.5 Å². The van der Waals surface area contributed by atoms with Crippen molar-refractivity contribution in [3.05, 3.63) is 35.1 Å². The van der Waals surface area contributed by atoms with Crippen molar-refractivity contribution in [2.24, 2.45) is 0 Å². The van der Waals surface area contributed by atoms with Gasteiger partial charge in [-0.1, -0.05) is 6.07 Å². The molecule has 0 radical (unpaired) electrons. The molecule has 0 aliphatic rings. The van der Waals surface area contributed by atoms with E-state index in [4.69, 9.17) is 9.47 Å². The van der Waals surface area contributed by atoms with Crippen molar-refractivity contribution < 1.29 is 18.7 Å². The van der Waals surface area contributed by atoms with Gasteiger partial charge < -0.3 is 9.47 Å². The molecule has 15 heavy (non-hydrogen) atoms. The number of carbonyl (C=O) groups excluding carboxylic acids is 1. The largest absolute Gasteiger partial charge is 0.460 e. The molecule has 82 valence electrons. The number of methoxy groups -OCH3 is 1. The minimum Gasteiger partial charge on any atom is -0.460 e. The molecule has 4 heteroatoms. The number of esters is 1. The highest BCUT2D eigenvalue weighted by Crippen LogP contribution is 2.10. The Morgan fingerprint density at radius 1 is 1.40 bits per heavy atom. The summed E-state index contributed by atoms with van der Waals surface area (Å²) in [5.41, 5.74) is 0.720. The molecular weight excluding hydrogens is 199 g/mol. The Morgan fingerprint density at radius 3 is 2.73 bits per heavy atom. The normalized spacial score (nSPS) is 10.1. The highest BCUT2D eigenvalue weighted by atomic mass is 19.1. The number of ether oxygens (including phenoxy) is 2. The van der Waals surface area contributed by atoms with Crippen LogP contribution in [0.5, 0.6) is 0 Å². The molecule has 1 aromatic rings. The van der Waals surface area contributed by atoms with Crippen molar-refractivity contribution in [3.63, 3.8) is 0 Å². The first-order valence-electron chi connectivity index (χ1n) is 4.57. The zero-order valence-corrected chi connectivity index (χ0v) is 8.75. The van der Waals surface area contributed by atoms with Crippen LogP contribution in [0.25, 0.3) is 0 Å². The molecule has 0 atom stereocenters.